The molecule has 2 aromatic rings. The van der Waals surface area contributed by atoms with Gasteiger partial charge in [0.2, 0.25) is 0 Å². The van der Waals surface area contributed by atoms with E-state index < -0.39 is 0 Å². The number of nitrogens with one attached hydrogen (secondary N) is 3. The van der Waals surface area contributed by atoms with Gasteiger partial charge < -0.3 is 15.6 Å². The van der Waals surface area contributed by atoms with E-state index in [2.05, 4.69) is 15.6 Å². The maximum Gasteiger partial charge on any atom is 0.261 e. The fourth-order valence-electron chi connectivity index (χ4n) is 2.43. The molecule has 2 heterocycles. The molecule has 0 unspecified atom stereocenters. The summed E-state index contributed by atoms with van der Waals surface area (Å²) < 4.78 is 0. The van der Waals surface area contributed by atoms with Crippen molar-refractivity contribution in [2.45, 2.75) is 13.0 Å². The number of carbonyl (C=O) groups excluding carboxylic acids is 1. The number of carbonyl (C=O) groups is 1. The zero-order valence-electron chi connectivity index (χ0n) is 10.9. The van der Waals surface area contributed by atoms with Crippen molar-refractivity contribution in [2.24, 2.45) is 0 Å². The molecule has 1 aromatic heterocycles. The minimum atomic E-state index is -0.376. The summed E-state index contributed by atoms with van der Waals surface area (Å²) in [5, 5.41) is 6.14. The summed E-state index contributed by atoms with van der Waals surface area (Å²) in [5.41, 5.74) is 2.96. The lowest BCUT2D eigenvalue weighted by molar-refractivity contribution is 0.102. The molecule has 0 fully saturated rings. The van der Waals surface area contributed by atoms with Crippen molar-refractivity contribution in [3.63, 3.8) is 0 Å². The number of H-pyrrole nitrogens is 1. The molecular weight excluding hydrogens is 254 g/mol. The molecule has 3 rings (SSSR count). The molecule has 0 radical (unpaired) electrons. The fraction of sp³-hybridized carbons (Fsp3) is 0.200. The van der Waals surface area contributed by atoms with Crippen LogP contribution in [0, 0.1) is 0 Å². The largest absolute Gasteiger partial charge is 0.367 e. The lowest BCUT2D eigenvalue weighted by Gasteiger charge is -2.20. The van der Waals surface area contributed by atoms with Gasteiger partial charge >= 0.3 is 0 Å². The maximum atomic E-state index is 12.2. The predicted molar refractivity (Wildman–Crippen MR) is 76.9 cm³/mol. The van der Waals surface area contributed by atoms with Crippen LogP contribution in [0.2, 0.25) is 0 Å². The van der Waals surface area contributed by atoms with Gasteiger partial charge in [-0.1, -0.05) is 12.1 Å². The third-order valence-corrected chi connectivity index (χ3v) is 3.46. The van der Waals surface area contributed by atoms with Crippen molar-refractivity contribution in [1.29, 1.82) is 0 Å². The Labute approximate surface area is 116 Å². The van der Waals surface area contributed by atoms with Crippen molar-refractivity contribution in [1.82, 2.24) is 10.3 Å². The first kappa shape index (κ1) is 12.6. The van der Waals surface area contributed by atoms with Gasteiger partial charge in [0.1, 0.15) is 5.56 Å². The molecule has 102 valence electrons. The Hall–Kier alpha value is -2.40. The van der Waals surface area contributed by atoms with Gasteiger partial charge in [-0.05, 0) is 30.2 Å². The molecule has 20 heavy (non-hydrogen) atoms. The zero-order valence-corrected chi connectivity index (χ0v) is 10.9. The normalized spacial score (nSPS) is 13.6. The van der Waals surface area contributed by atoms with E-state index in [1.165, 1.54) is 24.0 Å². The highest BCUT2D eigenvalue weighted by atomic mass is 16.2. The highest BCUT2D eigenvalue weighted by Gasteiger charge is 2.16. The SMILES string of the molecule is O=C(Nc1cccc2c1CCNC2)c1c[nH]ccc1=O. The molecule has 3 N–H and O–H groups in total. The molecule has 0 atom stereocenters. The van der Waals surface area contributed by atoms with Crippen LogP contribution in [0.5, 0.6) is 0 Å². The summed E-state index contributed by atoms with van der Waals surface area (Å²) in [4.78, 5) is 26.6. The first-order chi connectivity index (χ1) is 9.75. The van der Waals surface area contributed by atoms with Crippen LogP contribution in [-0.2, 0) is 13.0 Å². The Morgan fingerprint density at radius 3 is 3.00 bits per heavy atom. The maximum absolute atomic E-state index is 12.2. The number of fused-ring (bicyclic) bond motifs is 1. The summed E-state index contributed by atoms with van der Waals surface area (Å²) in [6, 6.07) is 7.18. The van der Waals surface area contributed by atoms with Crippen LogP contribution in [0.25, 0.3) is 0 Å². The number of anilines is 1. The molecule has 0 saturated carbocycles. The summed E-state index contributed by atoms with van der Waals surface area (Å²) >= 11 is 0. The molecule has 0 saturated heterocycles. The van der Waals surface area contributed by atoms with Gasteiger partial charge in [0.25, 0.3) is 5.91 Å². The van der Waals surface area contributed by atoms with Gasteiger partial charge in [0.15, 0.2) is 5.43 Å². The Bertz CT molecular complexity index is 706. The van der Waals surface area contributed by atoms with Crippen molar-refractivity contribution < 1.29 is 4.79 Å². The van der Waals surface area contributed by atoms with E-state index in [9.17, 15) is 9.59 Å². The second-order valence-electron chi connectivity index (χ2n) is 4.75. The first-order valence-electron chi connectivity index (χ1n) is 6.55. The smallest absolute Gasteiger partial charge is 0.261 e. The van der Waals surface area contributed by atoms with Crippen LogP contribution in [0.1, 0.15) is 21.5 Å². The van der Waals surface area contributed by atoms with Gasteiger partial charge in [-0.2, -0.15) is 0 Å². The number of rotatable bonds is 2. The minimum Gasteiger partial charge on any atom is -0.367 e. The molecule has 1 aliphatic rings. The first-order valence-corrected chi connectivity index (χ1v) is 6.55. The van der Waals surface area contributed by atoms with Crippen molar-refractivity contribution >= 4 is 11.6 Å². The molecule has 5 heteroatoms. The van der Waals surface area contributed by atoms with Crippen LogP contribution >= 0.6 is 0 Å². The number of hydrogen-bond acceptors (Lipinski definition) is 3. The van der Waals surface area contributed by atoms with Crippen molar-refractivity contribution in [3.8, 4) is 0 Å². The number of benzene rings is 1. The molecular formula is C15H15N3O2. The number of aromatic nitrogens is 1. The van der Waals surface area contributed by atoms with Crippen LogP contribution in [-0.4, -0.2) is 17.4 Å². The summed E-state index contributed by atoms with van der Waals surface area (Å²) in [5.74, 6) is -0.376. The van der Waals surface area contributed by atoms with Crippen LogP contribution in [0.15, 0.2) is 41.5 Å². The quantitative estimate of drug-likeness (QED) is 0.768. The van der Waals surface area contributed by atoms with Crippen LogP contribution < -0.4 is 16.1 Å². The van der Waals surface area contributed by atoms with E-state index in [-0.39, 0.29) is 16.9 Å². The Morgan fingerprint density at radius 1 is 1.25 bits per heavy atom. The summed E-state index contributed by atoms with van der Waals surface area (Å²) in [7, 11) is 0. The number of aromatic amines is 1. The molecule has 1 aromatic carbocycles. The number of pyridine rings is 1. The Morgan fingerprint density at radius 2 is 2.15 bits per heavy atom. The topological polar surface area (TPSA) is 74.0 Å². The van der Waals surface area contributed by atoms with Gasteiger partial charge in [0, 0.05) is 30.7 Å². The Balaban J connectivity index is 1.91. The zero-order chi connectivity index (χ0) is 13.9. The highest BCUT2D eigenvalue weighted by Crippen LogP contribution is 2.23. The minimum absolute atomic E-state index is 0.124. The van der Waals surface area contributed by atoms with E-state index >= 15 is 0 Å². The summed E-state index contributed by atoms with van der Waals surface area (Å²) in [6.07, 6.45) is 3.81. The second kappa shape index (κ2) is 5.30. The van der Waals surface area contributed by atoms with E-state index in [4.69, 9.17) is 0 Å². The van der Waals surface area contributed by atoms with Gasteiger partial charge in [0.05, 0.1) is 0 Å². The van der Waals surface area contributed by atoms with Crippen molar-refractivity contribution in [2.75, 3.05) is 11.9 Å². The average molecular weight is 269 g/mol. The summed E-state index contributed by atoms with van der Waals surface area (Å²) in [6.45, 7) is 1.71. The highest BCUT2D eigenvalue weighted by molar-refractivity contribution is 6.04. The average Bonchev–Trinajstić information content (AvgIpc) is 2.48. The molecule has 5 nitrogen and oxygen atoms in total. The third kappa shape index (κ3) is 2.35. The third-order valence-electron chi connectivity index (χ3n) is 3.46. The molecule has 0 bridgehead atoms. The van der Waals surface area contributed by atoms with E-state index in [1.54, 1.807) is 0 Å². The van der Waals surface area contributed by atoms with Crippen molar-refractivity contribution in [3.05, 3.63) is 63.6 Å². The van der Waals surface area contributed by atoms with E-state index in [0.717, 1.165) is 30.8 Å². The standard InChI is InChI=1S/C15H15N3O2/c19-14-5-7-17-9-12(14)15(20)18-13-3-1-2-10-8-16-6-4-11(10)13/h1-3,5,7,9,16H,4,6,8H2,(H,17,19)(H,18,20). The van der Waals surface area contributed by atoms with Gasteiger partial charge in [-0.25, -0.2) is 0 Å². The second-order valence-corrected chi connectivity index (χ2v) is 4.75. The van der Waals surface area contributed by atoms with Crippen LogP contribution in [0.3, 0.4) is 0 Å². The van der Waals surface area contributed by atoms with Gasteiger partial charge in [-0.15, -0.1) is 0 Å². The lowest BCUT2D eigenvalue weighted by Crippen LogP contribution is -2.26. The van der Waals surface area contributed by atoms with E-state index in [0.29, 0.717) is 0 Å². The molecule has 1 amide bonds. The molecule has 1 aliphatic heterocycles. The number of hydrogen-bond donors (Lipinski definition) is 3. The molecule has 0 aliphatic carbocycles. The molecule has 0 spiro atoms. The monoisotopic (exact) mass is 269 g/mol. The number of amides is 1. The van der Waals surface area contributed by atoms with Crippen LogP contribution in [0.4, 0.5) is 5.69 Å². The lowest BCUT2D eigenvalue weighted by atomic mass is 9.99. The predicted octanol–water partition coefficient (Wildman–Crippen LogP) is 1.27. The van der Waals surface area contributed by atoms with Gasteiger partial charge in [-0.3, -0.25) is 9.59 Å². The fourth-order valence-corrected chi connectivity index (χ4v) is 2.43. The van der Waals surface area contributed by atoms with E-state index in [1.807, 2.05) is 18.2 Å². The Kier molecular flexibility index (Phi) is 3.35.